The van der Waals surface area contributed by atoms with E-state index >= 15 is 0 Å². The number of halogens is 2. The Morgan fingerprint density at radius 1 is 1.39 bits per heavy atom. The predicted molar refractivity (Wildman–Crippen MR) is 64.3 cm³/mol. The van der Waals surface area contributed by atoms with Gasteiger partial charge in [-0.1, -0.05) is 0 Å². The number of rotatable bonds is 5. The Morgan fingerprint density at radius 2 is 2.06 bits per heavy atom. The zero-order valence-corrected chi connectivity index (χ0v) is 10.7. The van der Waals surface area contributed by atoms with Gasteiger partial charge in [-0.3, -0.25) is 4.90 Å². The number of hydrogen-bond donors (Lipinski definition) is 0. The van der Waals surface area contributed by atoms with E-state index in [9.17, 15) is 8.78 Å². The minimum absolute atomic E-state index is 0.102. The fourth-order valence-corrected chi connectivity index (χ4v) is 1.51. The van der Waals surface area contributed by atoms with E-state index in [1.807, 2.05) is 0 Å². The first-order valence-electron chi connectivity index (χ1n) is 5.61. The van der Waals surface area contributed by atoms with Crippen LogP contribution >= 0.6 is 0 Å². The van der Waals surface area contributed by atoms with Crippen molar-refractivity contribution in [1.82, 2.24) is 4.90 Å². The second-order valence-corrected chi connectivity index (χ2v) is 4.11. The minimum atomic E-state index is -0.579. The van der Waals surface area contributed by atoms with Gasteiger partial charge < -0.3 is 4.74 Å². The molecule has 3 nitrogen and oxygen atoms in total. The van der Waals surface area contributed by atoms with Crippen molar-refractivity contribution in [3.63, 3.8) is 0 Å². The molecule has 18 heavy (non-hydrogen) atoms. The van der Waals surface area contributed by atoms with Crippen LogP contribution in [0.2, 0.25) is 0 Å². The second-order valence-electron chi connectivity index (χ2n) is 4.11. The molecule has 0 heterocycles. The molecule has 0 saturated carbocycles. The monoisotopic (exact) mass is 254 g/mol. The van der Waals surface area contributed by atoms with E-state index in [4.69, 9.17) is 10.00 Å². The molecule has 0 saturated heterocycles. The van der Waals surface area contributed by atoms with Crippen molar-refractivity contribution in [2.45, 2.75) is 19.4 Å². The number of methoxy groups -OCH3 is 1. The van der Waals surface area contributed by atoms with E-state index in [-0.39, 0.29) is 17.4 Å². The number of likely N-dealkylation sites (N-methyl/N-ethyl adjacent to an activating group) is 1. The summed E-state index contributed by atoms with van der Waals surface area (Å²) in [5.41, 5.74) is 0.283. The van der Waals surface area contributed by atoms with Gasteiger partial charge in [-0.2, -0.15) is 5.26 Å². The van der Waals surface area contributed by atoms with Gasteiger partial charge >= 0.3 is 0 Å². The first kappa shape index (κ1) is 14.4. The van der Waals surface area contributed by atoms with E-state index < -0.39 is 11.6 Å². The minimum Gasteiger partial charge on any atom is -0.494 e. The molecule has 1 aromatic carbocycles. The fourth-order valence-electron chi connectivity index (χ4n) is 1.51. The lowest BCUT2D eigenvalue weighted by Crippen LogP contribution is -2.29. The summed E-state index contributed by atoms with van der Waals surface area (Å²) in [4.78, 5) is 1.78. The van der Waals surface area contributed by atoms with Crippen LogP contribution in [-0.2, 0) is 6.42 Å². The summed E-state index contributed by atoms with van der Waals surface area (Å²) in [5, 5.41) is 8.73. The van der Waals surface area contributed by atoms with Crippen LogP contribution in [0, 0.1) is 23.0 Å². The number of ether oxygens (including phenoxy) is 1. The maximum absolute atomic E-state index is 13.6. The lowest BCUT2D eigenvalue weighted by atomic mass is 10.1. The van der Waals surface area contributed by atoms with Crippen molar-refractivity contribution in [1.29, 1.82) is 5.26 Å². The van der Waals surface area contributed by atoms with E-state index in [1.165, 1.54) is 7.11 Å². The van der Waals surface area contributed by atoms with E-state index in [0.717, 1.165) is 12.1 Å². The van der Waals surface area contributed by atoms with Crippen LogP contribution < -0.4 is 4.74 Å². The Kier molecular flexibility index (Phi) is 5.05. The first-order chi connectivity index (χ1) is 8.49. The van der Waals surface area contributed by atoms with Gasteiger partial charge in [0.1, 0.15) is 5.82 Å². The maximum Gasteiger partial charge on any atom is 0.165 e. The van der Waals surface area contributed by atoms with Gasteiger partial charge in [-0.15, -0.1) is 0 Å². The Balaban J connectivity index is 2.74. The number of nitrogens with zero attached hydrogens (tertiary/aromatic N) is 2. The van der Waals surface area contributed by atoms with Crippen molar-refractivity contribution in [2.24, 2.45) is 0 Å². The fraction of sp³-hybridized carbons (Fsp3) is 0.462. The van der Waals surface area contributed by atoms with Crippen LogP contribution in [0.4, 0.5) is 8.78 Å². The predicted octanol–water partition coefficient (Wildman–Crippen LogP) is 2.36. The standard InChI is InChI=1S/C13H16F2N2O/c1-9(8-16)17(2)5-4-10-6-12(15)13(18-3)7-11(10)14/h6-7,9H,4-5H2,1-3H3. The molecular formula is C13H16F2N2O. The topological polar surface area (TPSA) is 36.3 Å². The van der Waals surface area contributed by atoms with Gasteiger partial charge in [-0.05, 0) is 32.0 Å². The van der Waals surface area contributed by atoms with Gasteiger partial charge in [0.15, 0.2) is 11.6 Å². The Bertz CT molecular complexity index is 457. The third-order valence-corrected chi connectivity index (χ3v) is 2.90. The Morgan fingerprint density at radius 3 is 2.61 bits per heavy atom. The second kappa shape index (κ2) is 6.31. The molecule has 0 amide bonds. The molecule has 0 aromatic heterocycles. The van der Waals surface area contributed by atoms with Gasteiger partial charge in [0.05, 0.1) is 19.2 Å². The van der Waals surface area contributed by atoms with E-state index in [2.05, 4.69) is 6.07 Å². The molecule has 0 N–H and O–H groups in total. The average molecular weight is 254 g/mol. The number of benzene rings is 1. The first-order valence-corrected chi connectivity index (χ1v) is 5.61. The lowest BCUT2D eigenvalue weighted by molar-refractivity contribution is 0.304. The molecule has 0 aliphatic carbocycles. The summed E-state index contributed by atoms with van der Waals surface area (Å²) >= 11 is 0. The van der Waals surface area contributed by atoms with Crippen LogP contribution in [0.3, 0.4) is 0 Å². The molecule has 0 radical (unpaired) electrons. The molecule has 98 valence electrons. The van der Waals surface area contributed by atoms with E-state index in [1.54, 1.807) is 18.9 Å². The van der Waals surface area contributed by atoms with E-state index in [0.29, 0.717) is 13.0 Å². The Labute approximate surface area is 106 Å². The summed E-state index contributed by atoms with van der Waals surface area (Å²) < 4.78 is 31.7. The van der Waals surface area contributed by atoms with Gasteiger partial charge in [0, 0.05) is 12.6 Å². The smallest absolute Gasteiger partial charge is 0.165 e. The van der Waals surface area contributed by atoms with Crippen LogP contribution in [0.1, 0.15) is 12.5 Å². The number of hydrogen-bond acceptors (Lipinski definition) is 3. The molecule has 0 bridgehead atoms. The lowest BCUT2D eigenvalue weighted by Gasteiger charge is -2.18. The SMILES string of the molecule is COc1cc(F)c(CCN(C)C(C)C#N)cc1F. The van der Waals surface area contributed by atoms with Crippen LogP contribution in [-0.4, -0.2) is 31.6 Å². The molecule has 1 aromatic rings. The third kappa shape index (κ3) is 3.41. The largest absolute Gasteiger partial charge is 0.494 e. The average Bonchev–Trinajstić information content (AvgIpc) is 2.37. The number of nitriles is 1. The van der Waals surface area contributed by atoms with Crippen LogP contribution in [0.5, 0.6) is 5.75 Å². The highest BCUT2D eigenvalue weighted by atomic mass is 19.1. The van der Waals surface area contributed by atoms with Crippen molar-refractivity contribution in [3.8, 4) is 11.8 Å². The molecule has 0 fully saturated rings. The molecule has 5 heteroatoms. The van der Waals surface area contributed by atoms with Gasteiger partial charge in [-0.25, -0.2) is 8.78 Å². The zero-order chi connectivity index (χ0) is 13.7. The summed E-state index contributed by atoms with van der Waals surface area (Å²) in [6, 6.07) is 4.01. The molecule has 1 atom stereocenters. The molecule has 0 aliphatic heterocycles. The quantitative estimate of drug-likeness (QED) is 0.809. The molecule has 0 aliphatic rings. The summed E-state index contributed by atoms with van der Waals surface area (Å²) in [6.07, 6.45) is 0.343. The molecular weight excluding hydrogens is 238 g/mol. The van der Waals surface area contributed by atoms with Gasteiger partial charge in [0.25, 0.3) is 0 Å². The molecule has 1 unspecified atom stereocenters. The third-order valence-electron chi connectivity index (χ3n) is 2.90. The highest BCUT2D eigenvalue weighted by Gasteiger charge is 2.12. The summed E-state index contributed by atoms with van der Waals surface area (Å²) in [5.74, 6) is -1.17. The molecule has 0 spiro atoms. The van der Waals surface area contributed by atoms with Crippen LogP contribution in [0.25, 0.3) is 0 Å². The Hall–Kier alpha value is -1.67. The summed E-state index contributed by atoms with van der Waals surface area (Å²) in [7, 11) is 3.06. The van der Waals surface area contributed by atoms with Crippen molar-refractivity contribution in [2.75, 3.05) is 20.7 Å². The summed E-state index contributed by atoms with van der Waals surface area (Å²) in [6.45, 7) is 2.24. The van der Waals surface area contributed by atoms with Gasteiger partial charge in [0.2, 0.25) is 0 Å². The molecule has 1 rings (SSSR count). The highest BCUT2D eigenvalue weighted by Crippen LogP contribution is 2.21. The maximum atomic E-state index is 13.6. The highest BCUT2D eigenvalue weighted by molar-refractivity contribution is 5.31. The van der Waals surface area contributed by atoms with Crippen molar-refractivity contribution >= 4 is 0 Å². The normalized spacial score (nSPS) is 12.3. The zero-order valence-electron chi connectivity index (χ0n) is 10.7. The van der Waals surface area contributed by atoms with Crippen molar-refractivity contribution in [3.05, 3.63) is 29.3 Å². The van der Waals surface area contributed by atoms with Crippen LogP contribution in [0.15, 0.2) is 12.1 Å². The van der Waals surface area contributed by atoms with Crippen molar-refractivity contribution < 1.29 is 13.5 Å².